The van der Waals surface area contributed by atoms with Crippen molar-refractivity contribution in [1.82, 2.24) is 14.8 Å². The molecule has 1 aromatic carbocycles. The lowest BCUT2D eigenvalue weighted by Gasteiger charge is -2.23. The zero-order chi connectivity index (χ0) is 25.4. The number of rotatable bonds is 6. The molecule has 0 aliphatic carbocycles. The molecule has 1 aromatic heterocycles. The number of sulfonamides is 1. The fourth-order valence-electron chi connectivity index (χ4n) is 4.00. The van der Waals surface area contributed by atoms with Gasteiger partial charge < -0.3 is 14.5 Å². The van der Waals surface area contributed by atoms with Crippen molar-refractivity contribution in [3.63, 3.8) is 0 Å². The molecule has 0 unspecified atom stereocenters. The van der Waals surface area contributed by atoms with Crippen LogP contribution in [-0.4, -0.2) is 67.6 Å². The van der Waals surface area contributed by atoms with Crippen LogP contribution in [0.25, 0.3) is 0 Å². The highest BCUT2D eigenvalue weighted by Crippen LogP contribution is 2.28. The number of hydrogen-bond acceptors (Lipinski definition) is 6. The van der Waals surface area contributed by atoms with Crippen LogP contribution in [0.3, 0.4) is 0 Å². The molecule has 0 saturated carbocycles. The van der Waals surface area contributed by atoms with Gasteiger partial charge in [0.25, 0.3) is 5.91 Å². The first-order valence-electron chi connectivity index (χ1n) is 10.5. The summed E-state index contributed by atoms with van der Waals surface area (Å²) in [5.41, 5.74) is 2.76. The Kier molecular flexibility index (Phi) is 6.56. The number of nitrogens with zero attached hydrogens (tertiary/aromatic N) is 3. The second kappa shape index (κ2) is 9.30. The van der Waals surface area contributed by atoms with E-state index in [-0.39, 0.29) is 34.6 Å². The van der Waals surface area contributed by atoms with Gasteiger partial charge >= 0.3 is 6.36 Å². The van der Waals surface area contributed by atoms with Crippen molar-refractivity contribution in [3.05, 3.63) is 65.0 Å². The molecule has 2 aliphatic heterocycles. The van der Waals surface area contributed by atoms with E-state index in [0.717, 1.165) is 17.3 Å². The van der Waals surface area contributed by atoms with E-state index in [2.05, 4.69) is 9.72 Å². The fourth-order valence-corrected chi connectivity index (χ4v) is 4.46. The Balaban J connectivity index is 1.26. The molecule has 0 fully saturated rings. The molecule has 2 N–H and O–H groups in total. The van der Waals surface area contributed by atoms with Gasteiger partial charge in [-0.1, -0.05) is 12.1 Å². The summed E-state index contributed by atoms with van der Waals surface area (Å²) in [5, 5.41) is 5.04. The summed E-state index contributed by atoms with van der Waals surface area (Å²) in [5.74, 6) is -0.758. The molecule has 0 saturated heterocycles. The van der Waals surface area contributed by atoms with Crippen molar-refractivity contribution in [2.75, 3.05) is 26.2 Å². The van der Waals surface area contributed by atoms with E-state index in [1.807, 2.05) is 0 Å². The van der Waals surface area contributed by atoms with Crippen LogP contribution in [-0.2, 0) is 21.2 Å². The Morgan fingerprint density at radius 3 is 2.09 bits per heavy atom. The Morgan fingerprint density at radius 2 is 1.57 bits per heavy atom. The Bertz CT molecular complexity index is 1260. The van der Waals surface area contributed by atoms with Crippen LogP contribution in [0.4, 0.5) is 13.2 Å². The van der Waals surface area contributed by atoms with Gasteiger partial charge in [0, 0.05) is 38.8 Å². The maximum Gasteiger partial charge on any atom is 0.573 e. The Morgan fingerprint density at radius 1 is 0.971 bits per heavy atom. The summed E-state index contributed by atoms with van der Waals surface area (Å²) in [6.45, 7) is 1.48. The third-order valence-corrected chi connectivity index (χ3v) is 6.63. The van der Waals surface area contributed by atoms with Crippen molar-refractivity contribution in [3.8, 4) is 5.75 Å². The van der Waals surface area contributed by atoms with E-state index < -0.39 is 16.4 Å². The van der Waals surface area contributed by atoms with E-state index in [0.29, 0.717) is 38.2 Å². The van der Waals surface area contributed by atoms with Crippen molar-refractivity contribution in [1.29, 1.82) is 0 Å². The van der Waals surface area contributed by atoms with Crippen LogP contribution in [0.5, 0.6) is 5.75 Å². The third kappa shape index (κ3) is 5.98. The first-order chi connectivity index (χ1) is 16.4. The van der Waals surface area contributed by atoms with Crippen molar-refractivity contribution in [2.45, 2.75) is 24.1 Å². The SMILES string of the molecule is NS(=O)(=O)c1ccc(C(=O)N2CC3=C(CN(C(=O)CCc4ccc(OC(F)(F)F)cc4)C3)C2)nc1. The number of nitrogens with two attached hydrogens (primary N) is 1. The second-order valence-electron chi connectivity index (χ2n) is 8.23. The number of carbonyl (C=O) groups is 2. The number of carbonyl (C=O) groups excluding carboxylic acids is 2. The number of hydrogen-bond donors (Lipinski definition) is 1. The maximum atomic E-state index is 12.7. The molecule has 0 bridgehead atoms. The summed E-state index contributed by atoms with van der Waals surface area (Å²) in [6, 6.07) is 7.94. The quantitative estimate of drug-likeness (QED) is 0.592. The van der Waals surface area contributed by atoms with E-state index in [4.69, 9.17) is 5.14 Å². The van der Waals surface area contributed by atoms with E-state index in [1.165, 1.54) is 36.4 Å². The van der Waals surface area contributed by atoms with Crippen molar-refractivity contribution >= 4 is 21.8 Å². The molecule has 186 valence electrons. The second-order valence-corrected chi connectivity index (χ2v) is 9.80. The number of benzene rings is 1. The van der Waals surface area contributed by atoms with E-state index >= 15 is 0 Å². The summed E-state index contributed by atoms with van der Waals surface area (Å²) in [7, 11) is -3.90. The van der Waals surface area contributed by atoms with Crippen molar-refractivity contribution < 1.29 is 35.9 Å². The predicted octanol–water partition coefficient (Wildman–Crippen LogP) is 1.85. The van der Waals surface area contributed by atoms with E-state index in [1.54, 1.807) is 9.80 Å². The van der Waals surface area contributed by atoms with Gasteiger partial charge in [-0.3, -0.25) is 9.59 Å². The largest absolute Gasteiger partial charge is 0.573 e. The number of aromatic nitrogens is 1. The number of aryl methyl sites for hydroxylation is 1. The molecule has 9 nitrogen and oxygen atoms in total. The van der Waals surface area contributed by atoms with Gasteiger partial charge in [-0.05, 0) is 47.4 Å². The third-order valence-electron chi connectivity index (χ3n) is 5.74. The lowest BCUT2D eigenvalue weighted by atomic mass is 10.1. The Hall–Kier alpha value is -3.45. The number of ether oxygens (including phenoxy) is 1. The highest BCUT2D eigenvalue weighted by atomic mass is 32.2. The van der Waals surface area contributed by atoms with Gasteiger partial charge in [0.15, 0.2) is 0 Å². The van der Waals surface area contributed by atoms with Crippen LogP contribution in [0.1, 0.15) is 22.5 Å². The highest BCUT2D eigenvalue weighted by Gasteiger charge is 2.34. The van der Waals surface area contributed by atoms with Gasteiger partial charge in [-0.25, -0.2) is 18.5 Å². The molecule has 13 heteroatoms. The van der Waals surface area contributed by atoms with Crippen LogP contribution < -0.4 is 9.88 Å². The molecular weight excluding hydrogens is 489 g/mol. The number of halogens is 3. The molecule has 0 radical (unpaired) electrons. The molecule has 35 heavy (non-hydrogen) atoms. The summed E-state index contributed by atoms with van der Waals surface area (Å²) < 4.78 is 63.3. The summed E-state index contributed by atoms with van der Waals surface area (Å²) >= 11 is 0. The maximum absolute atomic E-state index is 12.7. The molecule has 2 aliphatic rings. The van der Waals surface area contributed by atoms with Crippen molar-refractivity contribution in [2.24, 2.45) is 5.14 Å². The lowest BCUT2D eigenvalue weighted by Crippen LogP contribution is -2.36. The van der Waals surface area contributed by atoms with Gasteiger partial charge in [-0.15, -0.1) is 13.2 Å². The molecule has 2 amide bonds. The zero-order valence-corrected chi connectivity index (χ0v) is 19.1. The number of pyridine rings is 1. The Labute approximate surface area is 199 Å². The first-order valence-corrected chi connectivity index (χ1v) is 12.0. The monoisotopic (exact) mass is 510 g/mol. The molecule has 2 aromatic rings. The van der Waals surface area contributed by atoms with Crippen LogP contribution >= 0.6 is 0 Å². The molecule has 0 atom stereocenters. The minimum absolute atomic E-state index is 0.0897. The first kappa shape index (κ1) is 24.7. The summed E-state index contributed by atoms with van der Waals surface area (Å²) in [4.78, 5) is 32.3. The van der Waals surface area contributed by atoms with Crippen LogP contribution in [0.15, 0.2) is 58.6 Å². The average molecular weight is 510 g/mol. The van der Waals surface area contributed by atoms with Gasteiger partial charge in [-0.2, -0.15) is 0 Å². The molecule has 3 heterocycles. The van der Waals surface area contributed by atoms with Crippen LogP contribution in [0, 0.1) is 0 Å². The normalized spacial score (nSPS) is 16.0. The fraction of sp³-hybridized carbons (Fsp3) is 0.318. The number of alkyl halides is 3. The predicted molar refractivity (Wildman–Crippen MR) is 117 cm³/mol. The van der Waals surface area contributed by atoms with Gasteiger partial charge in [0.2, 0.25) is 15.9 Å². The van der Waals surface area contributed by atoms with Crippen LogP contribution in [0.2, 0.25) is 0 Å². The average Bonchev–Trinajstić information content (AvgIpc) is 3.36. The number of primary sulfonamides is 1. The standard InChI is InChI=1S/C22H21F3N4O5S/c23-22(24,25)34-17-4-1-14(2-5-17)3-8-20(30)28-10-15-12-29(13-16(15)11-28)21(31)19-7-6-18(9-27-19)35(26,32)33/h1-2,4-7,9H,3,8,10-13H2,(H2,26,32,33). The molecule has 0 spiro atoms. The molecule has 4 rings (SSSR count). The zero-order valence-electron chi connectivity index (χ0n) is 18.3. The van der Waals surface area contributed by atoms with Gasteiger partial charge in [0.1, 0.15) is 16.3 Å². The topological polar surface area (TPSA) is 123 Å². The minimum Gasteiger partial charge on any atom is -0.406 e. The number of amides is 2. The molecular formula is C22H21F3N4O5S. The smallest absolute Gasteiger partial charge is 0.406 e. The van der Waals surface area contributed by atoms with E-state index in [9.17, 15) is 31.2 Å². The summed E-state index contributed by atoms with van der Waals surface area (Å²) in [6.07, 6.45) is -3.15. The lowest BCUT2D eigenvalue weighted by molar-refractivity contribution is -0.274. The van der Waals surface area contributed by atoms with Gasteiger partial charge in [0.05, 0.1) is 0 Å². The minimum atomic E-state index is -4.75. The highest BCUT2D eigenvalue weighted by molar-refractivity contribution is 7.89.